The number of hydrogen-bond donors (Lipinski definition) is 1. The maximum absolute atomic E-state index is 13.3. The van der Waals surface area contributed by atoms with E-state index in [2.05, 4.69) is 11.4 Å². The van der Waals surface area contributed by atoms with Gasteiger partial charge in [-0.05, 0) is 30.0 Å². The third-order valence-corrected chi connectivity index (χ3v) is 5.78. The summed E-state index contributed by atoms with van der Waals surface area (Å²) in [4.78, 5) is 15.3. The van der Waals surface area contributed by atoms with Gasteiger partial charge in [-0.15, -0.1) is 12.4 Å². The number of carbonyl (C=O) groups is 1. The van der Waals surface area contributed by atoms with Crippen LogP contribution < -0.4 is 10.1 Å². The lowest BCUT2D eigenvalue weighted by atomic mass is 10.0. The number of benzene rings is 2. The van der Waals surface area contributed by atoms with E-state index in [1.54, 1.807) is 7.11 Å². The van der Waals surface area contributed by atoms with Crippen LogP contribution in [0.4, 0.5) is 0 Å². The highest BCUT2D eigenvalue weighted by Gasteiger charge is 2.48. The van der Waals surface area contributed by atoms with Crippen LogP contribution in [-0.4, -0.2) is 37.6 Å². The molecule has 1 N–H and O–H groups in total. The zero-order chi connectivity index (χ0) is 18.1. The first-order valence-electron chi connectivity index (χ1n) is 9.09. The molecule has 1 aliphatic heterocycles. The van der Waals surface area contributed by atoms with E-state index in [9.17, 15) is 4.79 Å². The summed E-state index contributed by atoms with van der Waals surface area (Å²) in [5.74, 6) is 1.33. The third-order valence-electron chi connectivity index (χ3n) is 5.44. The van der Waals surface area contributed by atoms with Gasteiger partial charge in [-0.3, -0.25) is 4.79 Å². The average Bonchev–Trinajstić information content (AvgIpc) is 3.48. The van der Waals surface area contributed by atoms with E-state index in [1.807, 2.05) is 47.4 Å². The van der Waals surface area contributed by atoms with Crippen molar-refractivity contribution in [2.24, 2.45) is 5.92 Å². The molecular formula is C21H24Cl2N2O2. The van der Waals surface area contributed by atoms with Gasteiger partial charge in [-0.25, -0.2) is 0 Å². The molecule has 0 radical (unpaired) electrons. The number of carbonyl (C=O) groups excluding carboxylic acids is 1. The van der Waals surface area contributed by atoms with Crippen LogP contribution in [0.2, 0.25) is 5.02 Å². The number of piperazine rings is 1. The lowest BCUT2D eigenvalue weighted by molar-refractivity contribution is -0.136. The van der Waals surface area contributed by atoms with Gasteiger partial charge in [0.1, 0.15) is 5.75 Å². The van der Waals surface area contributed by atoms with Crippen molar-refractivity contribution in [2.45, 2.75) is 18.4 Å². The molecule has 2 fully saturated rings. The molecule has 0 aromatic heterocycles. The molecule has 1 heterocycles. The number of para-hydroxylation sites is 1. The number of ether oxygens (including phenoxy) is 1. The Labute approximate surface area is 171 Å². The minimum atomic E-state index is -0.0000969. The molecule has 2 aromatic carbocycles. The van der Waals surface area contributed by atoms with Crippen molar-refractivity contribution in [2.75, 3.05) is 26.7 Å². The molecular weight excluding hydrogens is 383 g/mol. The van der Waals surface area contributed by atoms with Crippen LogP contribution in [0, 0.1) is 5.92 Å². The smallest absolute Gasteiger partial charge is 0.226 e. The molecule has 1 saturated heterocycles. The number of hydrogen-bond acceptors (Lipinski definition) is 3. The van der Waals surface area contributed by atoms with E-state index in [4.69, 9.17) is 16.3 Å². The Morgan fingerprint density at radius 1 is 1.15 bits per heavy atom. The Morgan fingerprint density at radius 2 is 1.85 bits per heavy atom. The molecule has 1 saturated carbocycles. The summed E-state index contributed by atoms with van der Waals surface area (Å²) in [6.07, 6.45) is 0.880. The molecule has 0 spiro atoms. The normalized spacial score (nSPS) is 24.1. The number of nitrogens with zero attached hydrogens (tertiary/aromatic N) is 1. The van der Waals surface area contributed by atoms with Crippen LogP contribution in [0.15, 0.2) is 48.5 Å². The molecule has 0 bridgehead atoms. The Kier molecular flexibility index (Phi) is 6.30. The van der Waals surface area contributed by atoms with Crippen LogP contribution in [0.5, 0.6) is 5.75 Å². The minimum absolute atomic E-state index is 0. The van der Waals surface area contributed by atoms with Crippen LogP contribution in [0.25, 0.3) is 0 Å². The van der Waals surface area contributed by atoms with Crippen LogP contribution in [-0.2, 0) is 4.79 Å². The summed E-state index contributed by atoms with van der Waals surface area (Å²) in [6.45, 7) is 2.28. The maximum Gasteiger partial charge on any atom is 0.226 e. The van der Waals surface area contributed by atoms with Gasteiger partial charge in [0.2, 0.25) is 5.91 Å². The van der Waals surface area contributed by atoms with E-state index in [0.29, 0.717) is 6.54 Å². The van der Waals surface area contributed by atoms with Crippen molar-refractivity contribution in [3.63, 3.8) is 0 Å². The summed E-state index contributed by atoms with van der Waals surface area (Å²) in [7, 11) is 1.68. The second kappa shape index (κ2) is 8.51. The molecule has 3 unspecified atom stereocenters. The van der Waals surface area contributed by atoms with E-state index >= 15 is 0 Å². The average molecular weight is 407 g/mol. The van der Waals surface area contributed by atoms with Gasteiger partial charge < -0.3 is 15.0 Å². The molecule has 4 nitrogen and oxygen atoms in total. The molecule has 6 heteroatoms. The summed E-state index contributed by atoms with van der Waals surface area (Å²) in [5, 5.41) is 4.17. The highest BCUT2D eigenvalue weighted by molar-refractivity contribution is 6.31. The molecule has 4 rings (SSSR count). The van der Waals surface area contributed by atoms with Gasteiger partial charge in [0, 0.05) is 36.1 Å². The number of nitrogens with one attached hydrogen (secondary N) is 1. The fraction of sp³-hybridized carbons (Fsp3) is 0.381. The first-order valence-corrected chi connectivity index (χ1v) is 9.47. The lowest BCUT2D eigenvalue weighted by Gasteiger charge is -2.37. The summed E-state index contributed by atoms with van der Waals surface area (Å²) in [6, 6.07) is 15.8. The van der Waals surface area contributed by atoms with Crippen LogP contribution in [0.3, 0.4) is 0 Å². The van der Waals surface area contributed by atoms with Crippen molar-refractivity contribution < 1.29 is 9.53 Å². The van der Waals surface area contributed by atoms with Crippen LogP contribution >= 0.6 is 24.0 Å². The highest BCUT2D eigenvalue weighted by atomic mass is 35.5. The molecule has 144 valence electrons. The van der Waals surface area contributed by atoms with E-state index in [-0.39, 0.29) is 36.2 Å². The molecule has 27 heavy (non-hydrogen) atoms. The second-order valence-electron chi connectivity index (χ2n) is 6.96. The number of rotatable bonds is 4. The quantitative estimate of drug-likeness (QED) is 0.832. The second-order valence-corrected chi connectivity index (χ2v) is 7.37. The zero-order valence-corrected chi connectivity index (χ0v) is 16.8. The van der Waals surface area contributed by atoms with Gasteiger partial charge in [0.05, 0.1) is 13.2 Å². The molecule has 2 aliphatic rings. The largest absolute Gasteiger partial charge is 0.496 e. The SMILES string of the molecule is COc1ccccc1C1CNCCN1C(=O)C1CC1c1ccccc1Cl.Cl. The molecule has 3 atom stereocenters. The van der Waals surface area contributed by atoms with Crippen molar-refractivity contribution in [1.29, 1.82) is 0 Å². The zero-order valence-electron chi connectivity index (χ0n) is 15.2. The lowest BCUT2D eigenvalue weighted by Crippen LogP contribution is -2.49. The molecule has 2 aromatic rings. The Bertz CT molecular complexity index is 814. The summed E-state index contributed by atoms with van der Waals surface area (Å²) < 4.78 is 5.53. The van der Waals surface area contributed by atoms with Gasteiger partial charge in [0.15, 0.2) is 0 Å². The van der Waals surface area contributed by atoms with Crippen molar-refractivity contribution in [3.05, 3.63) is 64.7 Å². The highest BCUT2D eigenvalue weighted by Crippen LogP contribution is 2.51. The van der Waals surface area contributed by atoms with E-state index in [0.717, 1.165) is 41.4 Å². The van der Waals surface area contributed by atoms with E-state index in [1.165, 1.54) is 0 Å². The van der Waals surface area contributed by atoms with Crippen LogP contribution in [0.1, 0.15) is 29.5 Å². The standard InChI is InChI=1S/C21H23ClN2O2.ClH/c1-26-20-9-5-3-7-15(20)19-13-23-10-11-24(19)21(25)17-12-16(17)14-6-2-4-8-18(14)22;/h2-9,16-17,19,23H,10-13H2,1H3;1H. The fourth-order valence-corrected chi connectivity index (χ4v) is 4.26. The van der Waals surface area contributed by atoms with Crippen molar-refractivity contribution in [3.8, 4) is 5.75 Å². The Balaban J connectivity index is 0.00000210. The first kappa shape index (κ1) is 20.0. The predicted octanol–water partition coefficient (Wildman–Crippen LogP) is 4.05. The third kappa shape index (κ3) is 3.93. The fourth-order valence-electron chi connectivity index (χ4n) is 3.99. The number of methoxy groups -OCH3 is 1. The molecule has 1 aliphatic carbocycles. The topological polar surface area (TPSA) is 41.6 Å². The summed E-state index contributed by atoms with van der Waals surface area (Å²) in [5.41, 5.74) is 2.15. The Morgan fingerprint density at radius 3 is 2.59 bits per heavy atom. The summed E-state index contributed by atoms with van der Waals surface area (Å²) >= 11 is 6.33. The monoisotopic (exact) mass is 406 g/mol. The van der Waals surface area contributed by atoms with E-state index < -0.39 is 0 Å². The number of amides is 1. The van der Waals surface area contributed by atoms with Gasteiger partial charge in [-0.2, -0.15) is 0 Å². The van der Waals surface area contributed by atoms with Crippen molar-refractivity contribution in [1.82, 2.24) is 10.2 Å². The Hall–Kier alpha value is -1.75. The molecule has 1 amide bonds. The van der Waals surface area contributed by atoms with Gasteiger partial charge >= 0.3 is 0 Å². The minimum Gasteiger partial charge on any atom is -0.496 e. The maximum atomic E-state index is 13.3. The first-order chi connectivity index (χ1) is 12.7. The van der Waals surface area contributed by atoms with Crippen molar-refractivity contribution >= 4 is 29.9 Å². The van der Waals surface area contributed by atoms with Gasteiger partial charge in [0.25, 0.3) is 0 Å². The van der Waals surface area contributed by atoms with Gasteiger partial charge in [-0.1, -0.05) is 48.0 Å². The number of halogens is 2. The predicted molar refractivity (Wildman–Crippen MR) is 110 cm³/mol.